The summed E-state index contributed by atoms with van der Waals surface area (Å²) in [7, 11) is 0. The second-order valence-corrected chi connectivity index (χ2v) is 1.97. The van der Waals surface area contributed by atoms with Crippen molar-refractivity contribution < 1.29 is 9.90 Å². The lowest BCUT2D eigenvalue weighted by atomic mass is 10.3. The van der Waals surface area contributed by atoms with Gasteiger partial charge in [0.05, 0.1) is 6.61 Å². The maximum atomic E-state index is 9.93. The van der Waals surface area contributed by atoms with Crippen LogP contribution in [0, 0.1) is 0 Å². The van der Waals surface area contributed by atoms with Crippen LogP contribution in [0.2, 0.25) is 0 Å². The van der Waals surface area contributed by atoms with Gasteiger partial charge in [-0.1, -0.05) is 6.07 Å². The second-order valence-electron chi connectivity index (χ2n) is 1.97. The fourth-order valence-corrected chi connectivity index (χ4v) is 0.664. The minimum atomic E-state index is -0.0334. The molecule has 0 unspecified atom stereocenters. The van der Waals surface area contributed by atoms with E-state index in [1.54, 1.807) is 12.1 Å². The summed E-state index contributed by atoms with van der Waals surface area (Å²) in [5.41, 5.74) is 0.724. The van der Waals surface area contributed by atoms with Crippen LogP contribution in [0.4, 0.5) is 5.82 Å². The molecule has 1 rings (SSSR count). The molecule has 1 amide bonds. The van der Waals surface area contributed by atoms with E-state index in [9.17, 15) is 4.79 Å². The van der Waals surface area contributed by atoms with Crippen molar-refractivity contribution in [1.82, 2.24) is 4.98 Å². The first-order valence-corrected chi connectivity index (χ1v) is 3.13. The van der Waals surface area contributed by atoms with E-state index in [0.29, 0.717) is 12.2 Å². The maximum absolute atomic E-state index is 9.93. The molecule has 0 aromatic carbocycles. The Kier molecular flexibility index (Phi) is 2.57. The Bertz CT molecular complexity index is 233. The van der Waals surface area contributed by atoms with Crippen molar-refractivity contribution in [1.29, 1.82) is 0 Å². The van der Waals surface area contributed by atoms with Crippen LogP contribution in [0.3, 0.4) is 0 Å². The molecule has 0 radical (unpaired) electrons. The Morgan fingerprint density at radius 2 is 2.45 bits per heavy atom. The highest BCUT2D eigenvalue weighted by Crippen LogP contribution is 2.02. The molecule has 1 heterocycles. The predicted molar refractivity (Wildman–Crippen MR) is 39.8 cm³/mol. The molecule has 11 heavy (non-hydrogen) atoms. The number of aliphatic hydroxyl groups excluding tert-OH is 1. The van der Waals surface area contributed by atoms with E-state index in [1.165, 1.54) is 6.20 Å². The van der Waals surface area contributed by atoms with Crippen LogP contribution in [-0.2, 0) is 11.4 Å². The summed E-state index contributed by atoms with van der Waals surface area (Å²) < 4.78 is 0. The van der Waals surface area contributed by atoms with Gasteiger partial charge in [0, 0.05) is 6.20 Å². The molecule has 0 aliphatic heterocycles. The molecular formula is C7H8N2O2. The smallest absolute Gasteiger partial charge is 0.212 e. The van der Waals surface area contributed by atoms with Crippen molar-refractivity contribution >= 4 is 12.2 Å². The molecule has 0 bridgehead atoms. The van der Waals surface area contributed by atoms with Gasteiger partial charge in [0.15, 0.2) is 0 Å². The summed E-state index contributed by atoms with van der Waals surface area (Å²) in [5.74, 6) is 0.484. The van der Waals surface area contributed by atoms with E-state index in [2.05, 4.69) is 10.3 Å². The van der Waals surface area contributed by atoms with Gasteiger partial charge in [0.1, 0.15) is 5.82 Å². The van der Waals surface area contributed by atoms with E-state index in [4.69, 9.17) is 5.11 Å². The Morgan fingerprint density at radius 3 is 2.91 bits per heavy atom. The molecular weight excluding hydrogens is 144 g/mol. The van der Waals surface area contributed by atoms with Gasteiger partial charge in [-0.05, 0) is 11.6 Å². The first kappa shape index (κ1) is 7.68. The zero-order valence-electron chi connectivity index (χ0n) is 5.82. The minimum Gasteiger partial charge on any atom is -0.392 e. The number of carbonyl (C=O) groups is 1. The van der Waals surface area contributed by atoms with Gasteiger partial charge in [0.25, 0.3) is 0 Å². The topological polar surface area (TPSA) is 62.2 Å². The largest absolute Gasteiger partial charge is 0.392 e. The average molecular weight is 152 g/mol. The van der Waals surface area contributed by atoms with Gasteiger partial charge in [0.2, 0.25) is 6.41 Å². The van der Waals surface area contributed by atoms with E-state index in [0.717, 1.165) is 5.56 Å². The number of hydrogen-bond acceptors (Lipinski definition) is 3. The normalized spacial score (nSPS) is 9.18. The average Bonchev–Trinajstić information content (AvgIpc) is 2.07. The summed E-state index contributed by atoms with van der Waals surface area (Å²) in [6.45, 7) is -0.0334. The van der Waals surface area contributed by atoms with Crippen LogP contribution in [-0.4, -0.2) is 16.5 Å². The number of carbonyl (C=O) groups excluding carboxylic acids is 1. The van der Waals surface area contributed by atoms with Crippen molar-refractivity contribution in [2.45, 2.75) is 6.61 Å². The Hall–Kier alpha value is -1.42. The molecule has 0 atom stereocenters. The Balaban J connectivity index is 2.74. The van der Waals surface area contributed by atoms with Crippen LogP contribution in [0.15, 0.2) is 18.3 Å². The lowest BCUT2D eigenvalue weighted by Gasteiger charge is -1.97. The van der Waals surface area contributed by atoms with Crippen LogP contribution >= 0.6 is 0 Å². The monoisotopic (exact) mass is 152 g/mol. The highest BCUT2D eigenvalue weighted by Gasteiger charge is 1.91. The fraction of sp³-hybridized carbons (Fsp3) is 0.143. The molecule has 4 nitrogen and oxygen atoms in total. The Morgan fingerprint density at radius 1 is 1.64 bits per heavy atom. The number of anilines is 1. The molecule has 1 aromatic heterocycles. The first-order valence-electron chi connectivity index (χ1n) is 3.13. The van der Waals surface area contributed by atoms with Crippen LogP contribution in [0.1, 0.15) is 5.56 Å². The summed E-state index contributed by atoms with van der Waals surface area (Å²) >= 11 is 0. The lowest BCUT2D eigenvalue weighted by Crippen LogP contribution is -1.96. The molecule has 4 heteroatoms. The quantitative estimate of drug-likeness (QED) is 0.605. The lowest BCUT2D eigenvalue weighted by molar-refractivity contribution is -0.105. The highest BCUT2D eigenvalue weighted by atomic mass is 16.3. The third-order valence-electron chi connectivity index (χ3n) is 1.21. The Labute approximate surface area is 63.9 Å². The zero-order valence-corrected chi connectivity index (χ0v) is 5.82. The predicted octanol–water partition coefficient (Wildman–Crippen LogP) is 0.142. The maximum Gasteiger partial charge on any atom is 0.212 e. The summed E-state index contributed by atoms with van der Waals surface area (Å²) in [4.78, 5) is 13.8. The van der Waals surface area contributed by atoms with Gasteiger partial charge in [-0.3, -0.25) is 4.79 Å². The zero-order chi connectivity index (χ0) is 8.10. The SMILES string of the molecule is O=CNc1ccc(CO)cn1. The number of hydrogen-bond donors (Lipinski definition) is 2. The molecule has 0 aliphatic carbocycles. The van der Waals surface area contributed by atoms with Gasteiger partial charge in [-0.2, -0.15) is 0 Å². The fourth-order valence-electron chi connectivity index (χ4n) is 0.664. The molecule has 0 fully saturated rings. The third kappa shape index (κ3) is 2.01. The first-order chi connectivity index (χ1) is 5.36. The second kappa shape index (κ2) is 3.68. The van der Waals surface area contributed by atoms with Gasteiger partial charge >= 0.3 is 0 Å². The minimum absolute atomic E-state index is 0.0334. The summed E-state index contributed by atoms with van der Waals surface area (Å²) in [6.07, 6.45) is 2.06. The van der Waals surface area contributed by atoms with Crippen molar-refractivity contribution in [2.75, 3.05) is 5.32 Å². The van der Waals surface area contributed by atoms with Crippen molar-refractivity contribution in [3.63, 3.8) is 0 Å². The van der Waals surface area contributed by atoms with Gasteiger partial charge in [-0.25, -0.2) is 4.98 Å². The molecule has 1 aromatic rings. The molecule has 0 aliphatic rings. The number of rotatable bonds is 3. The van der Waals surface area contributed by atoms with Gasteiger partial charge in [-0.15, -0.1) is 0 Å². The van der Waals surface area contributed by atoms with E-state index < -0.39 is 0 Å². The molecule has 0 spiro atoms. The van der Waals surface area contributed by atoms with Crippen LogP contribution in [0.5, 0.6) is 0 Å². The number of aliphatic hydroxyl groups is 1. The van der Waals surface area contributed by atoms with E-state index >= 15 is 0 Å². The molecule has 0 saturated heterocycles. The van der Waals surface area contributed by atoms with E-state index in [-0.39, 0.29) is 6.61 Å². The standard InChI is InChI=1S/C7H8N2O2/c10-4-6-1-2-7(8-3-6)9-5-11/h1-3,5,10H,4H2,(H,8,9,11). The number of nitrogens with zero attached hydrogens (tertiary/aromatic N) is 1. The van der Waals surface area contributed by atoms with E-state index in [1.807, 2.05) is 0 Å². The number of pyridine rings is 1. The molecule has 0 saturated carbocycles. The third-order valence-corrected chi connectivity index (χ3v) is 1.21. The summed E-state index contributed by atoms with van der Waals surface area (Å²) in [5, 5.41) is 11.0. The number of aromatic nitrogens is 1. The number of nitrogens with one attached hydrogen (secondary N) is 1. The van der Waals surface area contributed by atoms with Crippen molar-refractivity contribution in [2.24, 2.45) is 0 Å². The molecule has 58 valence electrons. The highest BCUT2D eigenvalue weighted by molar-refractivity contribution is 5.68. The van der Waals surface area contributed by atoms with Gasteiger partial charge < -0.3 is 10.4 Å². The van der Waals surface area contributed by atoms with Crippen LogP contribution < -0.4 is 5.32 Å². The van der Waals surface area contributed by atoms with Crippen LogP contribution in [0.25, 0.3) is 0 Å². The van der Waals surface area contributed by atoms with Crippen molar-refractivity contribution in [3.05, 3.63) is 23.9 Å². The van der Waals surface area contributed by atoms with Crippen molar-refractivity contribution in [3.8, 4) is 0 Å². The number of amides is 1. The summed E-state index contributed by atoms with van der Waals surface area (Å²) in [6, 6.07) is 3.32. The molecule has 2 N–H and O–H groups in total.